The summed E-state index contributed by atoms with van der Waals surface area (Å²) in [7, 11) is 0. The van der Waals surface area contributed by atoms with Gasteiger partial charge in [0, 0.05) is 23.9 Å². The Kier molecular flexibility index (Phi) is 4.97. The molecular formula is C20H16FN5O2. The number of hydrogen-bond acceptors (Lipinski definition) is 6. The zero-order valence-electron chi connectivity index (χ0n) is 15.0. The van der Waals surface area contributed by atoms with Crippen LogP contribution in [0.5, 0.6) is 0 Å². The molecule has 0 radical (unpaired) electrons. The Bertz CT molecular complexity index is 1070. The number of halogens is 1. The zero-order chi connectivity index (χ0) is 20.3. The Morgan fingerprint density at radius 3 is 2.89 bits per heavy atom. The number of aromatic nitrogens is 1. The summed E-state index contributed by atoms with van der Waals surface area (Å²) in [5.74, 6) is 1.43. The van der Waals surface area contributed by atoms with Crippen LogP contribution in [-0.4, -0.2) is 23.5 Å². The minimum Gasteiger partial charge on any atom is -0.465 e. The van der Waals surface area contributed by atoms with Crippen molar-refractivity contribution in [2.45, 2.75) is 18.9 Å². The van der Waals surface area contributed by atoms with Crippen LogP contribution in [0.25, 0.3) is 0 Å². The number of ether oxygens (including phenoxy) is 1. The molecule has 0 saturated carbocycles. The highest BCUT2D eigenvalue weighted by Gasteiger charge is 2.36. The Morgan fingerprint density at radius 2 is 2.25 bits per heavy atom. The molecule has 1 aliphatic rings. The number of benzene rings is 1. The van der Waals surface area contributed by atoms with Crippen LogP contribution in [0.1, 0.15) is 33.6 Å². The van der Waals surface area contributed by atoms with Crippen LogP contribution in [0.3, 0.4) is 0 Å². The van der Waals surface area contributed by atoms with Gasteiger partial charge >= 0.3 is 0 Å². The first kappa shape index (κ1) is 18.9. The van der Waals surface area contributed by atoms with E-state index in [-0.39, 0.29) is 30.3 Å². The number of rotatable bonds is 3. The Labute approximate surface area is 161 Å². The fourth-order valence-electron chi connectivity index (χ4n) is 2.94. The summed E-state index contributed by atoms with van der Waals surface area (Å²) in [4.78, 5) is 20.7. The molecule has 0 aliphatic carbocycles. The highest BCUT2D eigenvalue weighted by molar-refractivity contribution is 6.03. The maximum absolute atomic E-state index is 14.5. The number of anilines is 1. The topological polar surface area (TPSA) is 113 Å². The lowest BCUT2D eigenvalue weighted by Crippen LogP contribution is -2.35. The van der Waals surface area contributed by atoms with E-state index in [0.29, 0.717) is 16.8 Å². The van der Waals surface area contributed by atoms with Crippen LogP contribution in [0, 0.1) is 36.4 Å². The van der Waals surface area contributed by atoms with Gasteiger partial charge in [0.25, 0.3) is 11.9 Å². The average molecular weight is 377 g/mol. The molecule has 7 nitrogen and oxygen atoms in total. The van der Waals surface area contributed by atoms with Crippen LogP contribution < -0.4 is 11.1 Å². The van der Waals surface area contributed by atoms with E-state index in [1.165, 1.54) is 24.4 Å². The number of aliphatic imine (C=N–C) groups is 1. The van der Waals surface area contributed by atoms with Gasteiger partial charge in [-0.2, -0.15) is 5.26 Å². The molecule has 3 rings (SSSR count). The lowest BCUT2D eigenvalue weighted by Gasteiger charge is -2.29. The summed E-state index contributed by atoms with van der Waals surface area (Å²) in [6.07, 6.45) is 7.19. The van der Waals surface area contributed by atoms with E-state index in [4.69, 9.17) is 22.2 Å². The summed E-state index contributed by atoms with van der Waals surface area (Å²) in [5, 5.41) is 11.6. The van der Waals surface area contributed by atoms with Crippen molar-refractivity contribution in [2.24, 2.45) is 10.7 Å². The summed E-state index contributed by atoms with van der Waals surface area (Å²) < 4.78 is 19.6. The van der Waals surface area contributed by atoms with Crippen molar-refractivity contribution in [1.82, 2.24) is 4.98 Å². The number of carbonyl (C=O) groups is 1. The first-order valence-electron chi connectivity index (χ1n) is 8.32. The SMILES string of the molecule is C#C[C@@]1(c2cc(NC(=O)c3ncc(C#N)cc3C)ccc2F)CCOC(N)=N1. The lowest BCUT2D eigenvalue weighted by atomic mass is 9.87. The van der Waals surface area contributed by atoms with Crippen LogP contribution in [0.2, 0.25) is 0 Å². The van der Waals surface area contributed by atoms with Gasteiger partial charge in [0.05, 0.1) is 12.2 Å². The Morgan fingerprint density at radius 1 is 1.46 bits per heavy atom. The second-order valence-electron chi connectivity index (χ2n) is 6.20. The number of amides is 1. The van der Waals surface area contributed by atoms with E-state index >= 15 is 0 Å². The summed E-state index contributed by atoms with van der Waals surface area (Å²) in [5.41, 5.74) is 5.79. The summed E-state index contributed by atoms with van der Waals surface area (Å²) in [6.45, 7) is 1.87. The number of terminal acetylenes is 1. The van der Waals surface area contributed by atoms with Gasteiger partial charge < -0.3 is 15.8 Å². The van der Waals surface area contributed by atoms with Gasteiger partial charge in [-0.15, -0.1) is 6.42 Å². The minimum absolute atomic E-state index is 0.114. The van der Waals surface area contributed by atoms with Crippen molar-refractivity contribution in [3.63, 3.8) is 0 Å². The molecule has 3 N–H and O–H groups in total. The third-order valence-electron chi connectivity index (χ3n) is 4.35. The molecule has 28 heavy (non-hydrogen) atoms. The fraction of sp³-hybridized carbons (Fsp3) is 0.200. The van der Waals surface area contributed by atoms with Crippen LogP contribution >= 0.6 is 0 Å². The summed E-state index contributed by atoms with van der Waals surface area (Å²) >= 11 is 0. The molecule has 0 bridgehead atoms. The molecule has 8 heteroatoms. The van der Waals surface area contributed by atoms with Crippen LogP contribution in [0.15, 0.2) is 35.5 Å². The second-order valence-corrected chi connectivity index (χ2v) is 6.20. The summed E-state index contributed by atoms with van der Waals surface area (Å²) in [6, 6.07) is 7.44. The Hall–Kier alpha value is -3.91. The highest BCUT2D eigenvalue weighted by atomic mass is 19.1. The van der Waals surface area contributed by atoms with E-state index in [1.807, 2.05) is 6.07 Å². The minimum atomic E-state index is -1.31. The monoisotopic (exact) mass is 377 g/mol. The quantitative estimate of drug-likeness (QED) is 0.796. The average Bonchev–Trinajstić information content (AvgIpc) is 2.69. The maximum Gasteiger partial charge on any atom is 0.283 e. The van der Waals surface area contributed by atoms with Crippen molar-refractivity contribution < 1.29 is 13.9 Å². The third kappa shape index (κ3) is 3.49. The molecule has 140 valence electrons. The second kappa shape index (κ2) is 7.37. The molecule has 1 aromatic heterocycles. The molecule has 1 amide bonds. The van der Waals surface area contributed by atoms with E-state index in [2.05, 4.69) is 21.2 Å². The van der Waals surface area contributed by atoms with Gasteiger partial charge in [-0.1, -0.05) is 5.92 Å². The fourth-order valence-corrected chi connectivity index (χ4v) is 2.94. The predicted octanol–water partition coefficient (Wildman–Crippen LogP) is 2.22. The van der Waals surface area contributed by atoms with Gasteiger partial charge in [-0.05, 0) is 36.8 Å². The van der Waals surface area contributed by atoms with Gasteiger partial charge in [-0.25, -0.2) is 14.4 Å². The van der Waals surface area contributed by atoms with Gasteiger partial charge in [0.2, 0.25) is 0 Å². The van der Waals surface area contributed by atoms with Crippen molar-refractivity contribution in [3.05, 3.63) is 58.7 Å². The largest absolute Gasteiger partial charge is 0.465 e. The lowest BCUT2D eigenvalue weighted by molar-refractivity contribution is 0.102. The number of nitriles is 1. The first-order valence-corrected chi connectivity index (χ1v) is 8.32. The highest BCUT2D eigenvalue weighted by Crippen LogP contribution is 2.35. The van der Waals surface area contributed by atoms with Crippen molar-refractivity contribution in [3.8, 4) is 18.4 Å². The predicted molar refractivity (Wildman–Crippen MR) is 101 cm³/mol. The third-order valence-corrected chi connectivity index (χ3v) is 4.35. The Balaban J connectivity index is 1.94. The molecule has 1 atom stereocenters. The number of nitrogens with one attached hydrogen (secondary N) is 1. The van der Waals surface area contributed by atoms with E-state index in [9.17, 15) is 9.18 Å². The maximum atomic E-state index is 14.5. The van der Waals surface area contributed by atoms with Crippen molar-refractivity contribution >= 4 is 17.6 Å². The smallest absolute Gasteiger partial charge is 0.283 e. The molecule has 1 aliphatic heterocycles. The van der Waals surface area contributed by atoms with Crippen LogP contribution in [-0.2, 0) is 10.3 Å². The molecule has 0 spiro atoms. The first-order chi connectivity index (χ1) is 13.4. The number of nitrogens with zero attached hydrogens (tertiary/aromatic N) is 3. The molecular weight excluding hydrogens is 361 g/mol. The number of hydrogen-bond donors (Lipinski definition) is 2. The van der Waals surface area contributed by atoms with Gasteiger partial charge in [0.15, 0.2) is 5.54 Å². The number of carbonyl (C=O) groups excluding carboxylic acids is 1. The molecule has 0 fully saturated rings. The molecule has 1 aromatic carbocycles. The zero-order valence-corrected chi connectivity index (χ0v) is 15.0. The van der Waals surface area contributed by atoms with E-state index in [0.717, 1.165) is 0 Å². The molecule has 0 unspecified atom stereocenters. The van der Waals surface area contributed by atoms with Gasteiger partial charge in [0.1, 0.15) is 17.6 Å². The normalized spacial score (nSPS) is 18.2. The number of pyridine rings is 1. The van der Waals surface area contributed by atoms with E-state index < -0.39 is 17.3 Å². The van der Waals surface area contributed by atoms with Crippen molar-refractivity contribution in [2.75, 3.05) is 11.9 Å². The molecule has 0 saturated heterocycles. The standard InChI is InChI=1S/C20H16FN5O2/c1-3-20(6-7-28-19(23)26-20)15-9-14(4-5-16(15)21)25-18(27)17-12(2)8-13(10-22)11-24-17/h1,4-5,8-9,11H,6-7H2,2H3,(H2,23,26)(H,25,27)/t20-/m0/s1. The number of nitrogens with two attached hydrogens (primary N) is 1. The number of amidine groups is 1. The molecule has 2 heterocycles. The van der Waals surface area contributed by atoms with Gasteiger partial charge in [-0.3, -0.25) is 4.79 Å². The van der Waals surface area contributed by atoms with Crippen molar-refractivity contribution in [1.29, 1.82) is 5.26 Å². The van der Waals surface area contributed by atoms with Crippen LogP contribution in [0.4, 0.5) is 10.1 Å². The molecule has 2 aromatic rings. The number of aryl methyl sites for hydroxylation is 1. The van der Waals surface area contributed by atoms with E-state index in [1.54, 1.807) is 13.0 Å².